The Morgan fingerprint density at radius 2 is 1.95 bits per heavy atom. The second kappa shape index (κ2) is 6.59. The molecule has 3 nitrogen and oxygen atoms in total. The summed E-state index contributed by atoms with van der Waals surface area (Å²) in [7, 11) is 1.75. The highest BCUT2D eigenvalue weighted by atomic mass is 35.5. The lowest BCUT2D eigenvalue weighted by Crippen LogP contribution is -2.37. The third-order valence-corrected chi connectivity index (χ3v) is 3.49. The van der Waals surface area contributed by atoms with Gasteiger partial charge in [0.25, 0.3) is 5.91 Å². The molecule has 0 saturated heterocycles. The average Bonchev–Trinajstić information content (AvgIpc) is 2.36. The van der Waals surface area contributed by atoms with Crippen molar-refractivity contribution in [3.05, 3.63) is 34.3 Å². The van der Waals surface area contributed by atoms with E-state index in [4.69, 9.17) is 11.6 Å². The summed E-state index contributed by atoms with van der Waals surface area (Å²) in [6, 6.07) is 5.47. The summed E-state index contributed by atoms with van der Waals surface area (Å²) in [6.45, 7) is 8.52. The molecule has 0 unspecified atom stereocenters. The summed E-state index contributed by atoms with van der Waals surface area (Å²) in [4.78, 5) is 14.1. The fraction of sp³-hybridized carbons (Fsp3) is 0.562. The summed E-state index contributed by atoms with van der Waals surface area (Å²) >= 11 is 6.09. The van der Waals surface area contributed by atoms with E-state index in [-0.39, 0.29) is 17.9 Å². The molecular weight excluding hydrogens is 274 g/mol. The van der Waals surface area contributed by atoms with Gasteiger partial charge < -0.3 is 10.0 Å². The number of aliphatic hydroxyl groups excluding tert-OH is 1. The van der Waals surface area contributed by atoms with Gasteiger partial charge in [-0.15, -0.1) is 0 Å². The van der Waals surface area contributed by atoms with E-state index in [1.807, 2.05) is 26.0 Å². The van der Waals surface area contributed by atoms with Crippen molar-refractivity contribution >= 4 is 17.5 Å². The van der Waals surface area contributed by atoms with Crippen LogP contribution in [0.2, 0.25) is 5.02 Å². The maximum absolute atomic E-state index is 12.5. The number of amides is 1. The molecule has 1 rings (SSSR count). The number of halogens is 1. The van der Waals surface area contributed by atoms with Gasteiger partial charge in [-0.2, -0.15) is 0 Å². The van der Waals surface area contributed by atoms with Crippen molar-refractivity contribution in [2.45, 2.75) is 33.6 Å². The Kier molecular flexibility index (Phi) is 5.60. The van der Waals surface area contributed by atoms with E-state index in [1.54, 1.807) is 18.0 Å². The number of rotatable bonds is 5. The number of aliphatic hydroxyl groups is 1. The van der Waals surface area contributed by atoms with Gasteiger partial charge in [-0.1, -0.05) is 39.3 Å². The molecule has 0 aliphatic carbocycles. The van der Waals surface area contributed by atoms with Crippen molar-refractivity contribution in [1.82, 2.24) is 4.90 Å². The maximum Gasteiger partial charge on any atom is 0.253 e. The summed E-state index contributed by atoms with van der Waals surface area (Å²) in [6.07, 6.45) is 0. The largest absolute Gasteiger partial charge is 0.396 e. The van der Waals surface area contributed by atoms with Crippen LogP contribution in [0.15, 0.2) is 18.2 Å². The Balaban J connectivity index is 2.97. The first-order valence-corrected chi connectivity index (χ1v) is 7.21. The van der Waals surface area contributed by atoms with Crippen LogP contribution in [0.1, 0.15) is 49.5 Å². The molecule has 0 atom stereocenters. The third-order valence-electron chi connectivity index (χ3n) is 3.27. The fourth-order valence-corrected chi connectivity index (χ4v) is 2.30. The van der Waals surface area contributed by atoms with Crippen molar-refractivity contribution < 1.29 is 9.90 Å². The van der Waals surface area contributed by atoms with Crippen LogP contribution in [0.4, 0.5) is 0 Å². The van der Waals surface area contributed by atoms with Gasteiger partial charge in [0.15, 0.2) is 0 Å². The van der Waals surface area contributed by atoms with Gasteiger partial charge in [-0.3, -0.25) is 4.79 Å². The molecule has 0 aliphatic rings. The van der Waals surface area contributed by atoms with E-state index in [9.17, 15) is 9.90 Å². The first-order chi connectivity index (χ1) is 9.16. The van der Waals surface area contributed by atoms with Crippen molar-refractivity contribution in [1.29, 1.82) is 0 Å². The van der Waals surface area contributed by atoms with Gasteiger partial charge in [0.2, 0.25) is 0 Å². The Hall–Kier alpha value is -1.06. The molecule has 1 N–H and O–H groups in total. The molecule has 0 spiro atoms. The SMILES string of the molecule is CC(C)c1cc(Cl)cc(C(=O)N(C)CC(C)(C)CO)c1. The molecule has 0 saturated carbocycles. The monoisotopic (exact) mass is 297 g/mol. The first-order valence-electron chi connectivity index (χ1n) is 6.83. The standard InChI is InChI=1S/C16H24ClNO2/c1-11(2)12-6-13(8-14(17)7-12)15(20)18(5)9-16(3,4)10-19/h6-8,11,19H,9-10H2,1-5H3. The third kappa shape index (κ3) is 4.50. The maximum atomic E-state index is 12.5. The van der Waals surface area contributed by atoms with Crippen LogP contribution >= 0.6 is 11.6 Å². The van der Waals surface area contributed by atoms with E-state index >= 15 is 0 Å². The van der Waals surface area contributed by atoms with Gasteiger partial charge in [-0.05, 0) is 29.7 Å². The molecule has 1 aromatic rings. The smallest absolute Gasteiger partial charge is 0.253 e. The van der Waals surface area contributed by atoms with Gasteiger partial charge >= 0.3 is 0 Å². The molecule has 20 heavy (non-hydrogen) atoms. The van der Waals surface area contributed by atoms with E-state index < -0.39 is 0 Å². The molecule has 0 heterocycles. The van der Waals surface area contributed by atoms with Crippen LogP contribution in [0, 0.1) is 5.41 Å². The fourth-order valence-electron chi connectivity index (χ4n) is 2.05. The molecule has 4 heteroatoms. The van der Waals surface area contributed by atoms with Crippen molar-refractivity contribution in [3.8, 4) is 0 Å². The number of hydrogen-bond donors (Lipinski definition) is 1. The molecule has 0 aliphatic heterocycles. The van der Waals surface area contributed by atoms with E-state index in [1.165, 1.54) is 0 Å². The van der Waals surface area contributed by atoms with Crippen LogP contribution in [0.5, 0.6) is 0 Å². The highest BCUT2D eigenvalue weighted by Gasteiger charge is 2.23. The summed E-state index contributed by atoms with van der Waals surface area (Å²) in [5, 5.41) is 9.88. The molecule has 0 bridgehead atoms. The molecule has 112 valence electrons. The number of carbonyl (C=O) groups is 1. The Bertz CT molecular complexity index is 483. The lowest BCUT2D eigenvalue weighted by molar-refractivity contribution is 0.0663. The highest BCUT2D eigenvalue weighted by molar-refractivity contribution is 6.31. The van der Waals surface area contributed by atoms with Gasteiger partial charge in [0.05, 0.1) is 0 Å². The molecule has 0 radical (unpaired) electrons. The minimum atomic E-state index is -0.316. The first kappa shape index (κ1) is 17.0. The Labute approximate surface area is 126 Å². The van der Waals surface area contributed by atoms with Crippen molar-refractivity contribution in [3.63, 3.8) is 0 Å². The van der Waals surface area contributed by atoms with E-state index in [2.05, 4.69) is 13.8 Å². The van der Waals surface area contributed by atoms with Gasteiger partial charge in [0.1, 0.15) is 0 Å². The van der Waals surface area contributed by atoms with Crippen LogP contribution in [-0.2, 0) is 0 Å². The average molecular weight is 298 g/mol. The summed E-state index contributed by atoms with van der Waals surface area (Å²) in [5.41, 5.74) is 1.33. The summed E-state index contributed by atoms with van der Waals surface area (Å²) in [5.74, 6) is 0.246. The molecule has 1 aromatic carbocycles. The zero-order valence-corrected chi connectivity index (χ0v) is 13.7. The zero-order chi connectivity index (χ0) is 15.5. The van der Waals surface area contributed by atoms with E-state index in [0.29, 0.717) is 23.0 Å². The van der Waals surface area contributed by atoms with Crippen LogP contribution in [0.3, 0.4) is 0 Å². The number of carbonyl (C=O) groups excluding carboxylic acids is 1. The van der Waals surface area contributed by atoms with E-state index in [0.717, 1.165) is 5.56 Å². The molecule has 1 amide bonds. The number of benzene rings is 1. The highest BCUT2D eigenvalue weighted by Crippen LogP contribution is 2.23. The van der Waals surface area contributed by atoms with Gasteiger partial charge in [-0.25, -0.2) is 0 Å². The minimum Gasteiger partial charge on any atom is -0.396 e. The molecule has 0 aromatic heterocycles. The van der Waals surface area contributed by atoms with Crippen molar-refractivity contribution in [2.24, 2.45) is 5.41 Å². The lowest BCUT2D eigenvalue weighted by Gasteiger charge is -2.28. The van der Waals surface area contributed by atoms with Crippen LogP contribution in [0.25, 0.3) is 0 Å². The molecule has 0 fully saturated rings. The predicted molar refractivity (Wildman–Crippen MR) is 83.4 cm³/mol. The quantitative estimate of drug-likeness (QED) is 0.903. The zero-order valence-electron chi connectivity index (χ0n) is 12.9. The second-order valence-electron chi connectivity index (χ2n) is 6.41. The normalized spacial score (nSPS) is 11.8. The number of hydrogen-bond acceptors (Lipinski definition) is 2. The topological polar surface area (TPSA) is 40.5 Å². The Morgan fingerprint density at radius 1 is 1.35 bits per heavy atom. The van der Waals surface area contributed by atoms with Crippen molar-refractivity contribution in [2.75, 3.05) is 20.2 Å². The number of nitrogens with zero attached hydrogens (tertiary/aromatic N) is 1. The van der Waals surface area contributed by atoms with Crippen LogP contribution < -0.4 is 0 Å². The lowest BCUT2D eigenvalue weighted by atomic mass is 9.94. The minimum absolute atomic E-state index is 0.0391. The van der Waals surface area contributed by atoms with Crippen LogP contribution in [-0.4, -0.2) is 36.1 Å². The Morgan fingerprint density at radius 3 is 2.45 bits per heavy atom. The molecular formula is C16H24ClNO2. The summed E-state index contributed by atoms with van der Waals surface area (Å²) < 4.78 is 0. The van der Waals surface area contributed by atoms with Gasteiger partial charge in [0, 0.05) is 36.2 Å². The second-order valence-corrected chi connectivity index (χ2v) is 6.85. The predicted octanol–water partition coefficient (Wildman–Crippen LogP) is 3.55.